The van der Waals surface area contributed by atoms with Gasteiger partial charge in [-0.15, -0.1) is 0 Å². The minimum absolute atomic E-state index is 0.181. The molecule has 0 bridgehead atoms. The number of pyridine rings is 1. The van der Waals surface area contributed by atoms with E-state index in [2.05, 4.69) is 10.3 Å². The molecule has 12 heteroatoms. The number of nitriles is 1. The summed E-state index contributed by atoms with van der Waals surface area (Å²) in [6.07, 6.45) is -8.29. The minimum atomic E-state index is -5.23. The molecule has 32 heavy (non-hydrogen) atoms. The van der Waals surface area contributed by atoms with Crippen LogP contribution in [0.3, 0.4) is 0 Å². The van der Waals surface area contributed by atoms with Crippen LogP contribution in [0.1, 0.15) is 29.7 Å². The molecule has 0 radical (unpaired) electrons. The molecule has 1 saturated carbocycles. The molecule has 1 heterocycles. The Bertz CT molecular complexity index is 1040. The monoisotopic (exact) mass is 458 g/mol. The van der Waals surface area contributed by atoms with E-state index >= 15 is 0 Å². The Morgan fingerprint density at radius 3 is 2.31 bits per heavy atom. The number of rotatable bonds is 6. The topological polar surface area (TPSA) is 78.3 Å². The zero-order valence-electron chi connectivity index (χ0n) is 16.5. The largest absolute Gasteiger partial charge is 0.490 e. The van der Waals surface area contributed by atoms with E-state index < -0.39 is 47.4 Å². The van der Waals surface area contributed by atoms with Gasteiger partial charge in [0.15, 0.2) is 0 Å². The summed E-state index contributed by atoms with van der Waals surface area (Å²) in [6.45, 7) is -0.697. The van der Waals surface area contributed by atoms with E-state index in [1.807, 2.05) is 0 Å². The summed E-state index contributed by atoms with van der Waals surface area (Å²) >= 11 is 0. The van der Waals surface area contributed by atoms with Crippen LogP contribution in [0.15, 0.2) is 30.3 Å². The predicted molar refractivity (Wildman–Crippen MR) is 101 cm³/mol. The van der Waals surface area contributed by atoms with Gasteiger partial charge in [-0.3, -0.25) is 4.79 Å². The molecule has 170 valence electrons. The van der Waals surface area contributed by atoms with Gasteiger partial charge in [0.1, 0.15) is 28.9 Å². The van der Waals surface area contributed by atoms with Gasteiger partial charge in [-0.2, -0.15) is 31.6 Å². The van der Waals surface area contributed by atoms with E-state index in [1.165, 1.54) is 13.1 Å². The number of carbonyl (C=O) groups excluding carboxylic acids is 1. The number of halogens is 6. The van der Waals surface area contributed by atoms with Crippen molar-refractivity contribution in [2.75, 3.05) is 23.8 Å². The van der Waals surface area contributed by atoms with Crippen LogP contribution in [0.25, 0.3) is 0 Å². The number of carbonyl (C=O) groups is 1. The SMILES string of the molecule is CN(C(=O)CNc1nc(C(F)(F)F)cc(C(F)(F)F)c1C#N)c1ccc(OC2CC2)cc1. The lowest BCUT2D eigenvalue weighted by Gasteiger charge is -2.20. The fourth-order valence-corrected chi connectivity index (χ4v) is 2.70. The molecule has 0 spiro atoms. The second kappa shape index (κ2) is 8.57. The lowest BCUT2D eigenvalue weighted by Crippen LogP contribution is -2.32. The first-order valence-corrected chi connectivity index (χ1v) is 9.27. The Hall–Kier alpha value is -3.49. The number of nitrogens with one attached hydrogen (secondary N) is 1. The van der Waals surface area contributed by atoms with Crippen molar-refractivity contribution < 1.29 is 35.9 Å². The normalized spacial score (nSPS) is 13.9. The third kappa shape index (κ3) is 5.40. The third-order valence-corrected chi connectivity index (χ3v) is 4.56. The summed E-state index contributed by atoms with van der Waals surface area (Å²) in [5.41, 5.74) is -4.34. The summed E-state index contributed by atoms with van der Waals surface area (Å²) in [5, 5.41) is 11.2. The van der Waals surface area contributed by atoms with Crippen LogP contribution in [0.4, 0.5) is 37.8 Å². The third-order valence-electron chi connectivity index (χ3n) is 4.56. The van der Waals surface area contributed by atoms with Crippen LogP contribution in [0.5, 0.6) is 5.75 Å². The Kier molecular flexibility index (Phi) is 6.20. The minimum Gasteiger partial charge on any atom is -0.490 e. The average Bonchev–Trinajstić information content (AvgIpc) is 3.53. The second-order valence-corrected chi connectivity index (χ2v) is 7.00. The van der Waals surface area contributed by atoms with Gasteiger partial charge < -0.3 is 15.0 Å². The number of nitrogens with zero attached hydrogens (tertiary/aromatic N) is 3. The van der Waals surface area contributed by atoms with E-state index in [9.17, 15) is 31.1 Å². The molecular formula is C20H16F6N4O2. The van der Waals surface area contributed by atoms with Crippen molar-refractivity contribution in [2.24, 2.45) is 0 Å². The molecular weight excluding hydrogens is 442 g/mol. The number of aromatic nitrogens is 1. The molecule has 1 aromatic carbocycles. The molecule has 0 saturated heterocycles. The first-order chi connectivity index (χ1) is 14.9. The Labute approximate surface area is 178 Å². The maximum absolute atomic E-state index is 13.2. The smallest absolute Gasteiger partial charge is 0.433 e. The van der Waals surface area contributed by atoms with Gasteiger partial charge in [-0.1, -0.05) is 0 Å². The number of amides is 1. The van der Waals surface area contributed by atoms with Gasteiger partial charge in [0.25, 0.3) is 0 Å². The van der Waals surface area contributed by atoms with Crippen LogP contribution < -0.4 is 15.0 Å². The predicted octanol–water partition coefficient (Wildman–Crippen LogP) is 4.61. The van der Waals surface area contributed by atoms with Gasteiger partial charge in [-0.05, 0) is 43.2 Å². The van der Waals surface area contributed by atoms with Gasteiger partial charge in [0.05, 0.1) is 18.2 Å². The van der Waals surface area contributed by atoms with Gasteiger partial charge in [-0.25, -0.2) is 4.98 Å². The molecule has 0 atom stereocenters. The van der Waals surface area contributed by atoms with Crippen molar-refractivity contribution in [2.45, 2.75) is 31.3 Å². The standard InChI is InChI=1S/C20H16F6N4O2/c1-30(11-2-4-12(5-3-11)32-13-6-7-13)17(31)10-28-18-14(9-27)15(19(21,22)23)8-16(29-18)20(24,25)26/h2-5,8,13H,6-7,10H2,1H3,(H,28,29). The summed E-state index contributed by atoms with van der Waals surface area (Å²) < 4.78 is 84.2. The van der Waals surface area contributed by atoms with Crippen LogP contribution in [-0.4, -0.2) is 30.6 Å². The van der Waals surface area contributed by atoms with Gasteiger partial charge >= 0.3 is 12.4 Å². The maximum atomic E-state index is 13.2. The quantitative estimate of drug-likeness (QED) is 0.640. The average molecular weight is 458 g/mol. The highest BCUT2D eigenvalue weighted by Crippen LogP contribution is 2.38. The molecule has 1 aliphatic rings. The van der Waals surface area contributed by atoms with E-state index in [0.29, 0.717) is 11.4 Å². The zero-order chi connectivity index (χ0) is 23.7. The van der Waals surface area contributed by atoms with Crippen LogP contribution >= 0.6 is 0 Å². The lowest BCUT2D eigenvalue weighted by atomic mass is 10.1. The lowest BCUT2D eigenvalue weighted by molar-refractivity contribution is -0.145. The highest BCUT2D eigenvalue weighted by molar-refractivity contribution is 5.95. The number of ether oxygens (including phenoxy) is 1. The van der Waals surface area contributed by atoms with E-state index in [-0.39, 0.29) is 12.2 Å². The van der Waals surface area contributed by atoms with Crippen molar-refractivity contribution in [3.63, 3.8) is 0 Å². The number of alkyl halides is 6. The number of hydrogen-bond donors (Lipinski definition) is 1. The van der Waals surface area contributed by atoms with Gasteiger partial charge in [0, 0.05) is 12.7 Å². The first-order valence-electron chi connectivity index (χ1n) is 9.27. The number of likely N-dealkylation sites (N-methyl/N-ethyl adjacent to an activating group) is 1. The fraction of sp³-hybridized carbons (Fsp3) is 0.350. The fourth-order valence-electron chi connectivity index (χ4n) is 2.70. The Morgan fingerprint density at radius 1 is 1.19 bits per heavy atom. The molecule has 1 amide bonds. The molecule has 1 fully saturated rings. The van der Waals surface area contributed by atoms with Crippen LogP contribution in [0, 0.1) is 11.3 Å². The highest BCUT2D eigenvalue weighted by atomic mass is 19.4. The van der Waals surface area contributed by atoms with Crippen LogP contribution in [-0.2, 0) is 17.1 Å². The van der Waals surface area contributed by atoms with Crippen molar-refractivity contribution in [3.8, 4) is 11.8 Å². The second-order valence-electron chi connectivity index (χ2n) is 7.00. The molecule has 0 aliphatic heterocycles. The molecule has 0 unspecified atom stereocenters. The van der Waals surface area contributed by atoms with Crippen molar-refractivity contribution in [1.29, 1.82) is 5.26 Å². The molecule has 2 aromatic rings. The number of hydrogen-bond acceptors (Lipinski definition) is 5. The van der Waals surface area contributed by atoms with E-state index in [4.69, 9.17) is 10.00 Å². The Morgan fingerprint density at radius 2 is 1.81 bits per heavy atom. The van der Waals surface area contributed by atoms with Crippen molar-refractivity contribution >= 4 is 17.4 Å². The highest BCUT2D eigenvalue weighted by Gasteiger charge is 2.41. The van der Waals surface area contributed by atoms with E-state index in [1.54, 1.807) is 24.3 Å². The maximum Gasteiger partial charge on any atom is 0.433 e. The number of benzene rings is 1. The summed E-state index contributed by atoms with van der Waals surface area (Å²) in [5.74, 6) is -1.05. The molecule has 1 aliphatic carbocycles. The van der Waals surface area contributed by atoms with E-state index in [0.717, 1.165) is 17.7 Å². The van der Waals surface area contributed by atoms with Gasteiger partial charge in [0.2, 0.25) is 5.91 Å². The molecule has 3 rings (SSSR count). The molecule has 1 N–H and O–H groups in total. The number of anilines is 2. The Balaban J connectivity index is 1.78. The summed E-state index contributed by atoms with van der Waals surface area (Å²) in [7, 11) is 1.38. The first kappa shape index (κ1) is 23.2. The summed E-state index contributed by atoms with van der Waals surface area (Å²) in [6, 6.07) is 7.43. The van der Waals surface area contributed by atoms with Crippen molar-refractivity contribution in [3.05, 3.63) is 47.2 Å². The zero-order valence-corrected chi connectivity index (χ0v) is 16.5. The molecule has 1 aromatic heterocycles. The summed E-state index contributed by atoms with van der Waals surface area (Å²) in [4.78, 5) is 16.7. The van der Waals surface area contributed by atoms with Crippen molar-refractivity contribution in [1.82, 2.24) is 4.98 Å². The molecule has 6 nitrogen and oxygen atoms in total. The van der Waals surface area contributed by atoms with Crippen LogP contribution in [0.2, 0.25) is 0 Å².